The average Bonchev–Trinajstić information content (AvgIpc) is 2.48. The van der Waals surface area contributed by atoms with Crippen molar-refractivity contribution in [2.45, 2.75) is 12.8 Å². The van der Waals surface area contributed by atoms with Gasteiger partial charge in [-0.25, -0.2) is 9.59 Å². The number of allylic oxidation sites excluding steroid dienone is 1. The van der Waals surface area contributed by atoms with Crippen LogP contribution in [0.4, 0.5) is 0 Å². The molecule has 10 heteroatoms. The van der Waals surface area contributed by atoms with Crippen LogP contribution in [0.3, 0.4) is 0 Å². The molecule has 1 aliphatic rings. The molecule has 1 aromatic carbocycles. The third-order valence-corrected chi connectivity index (χ3v) is 3.32. The van der Waals surface area contributed by atoms with Gasteiger partial charge in [0.1, 0.15) is 0 Å². The lowest BCUT2D eigenvalue weighted by Crippen LogP contribution is -2.34. The number of nitrogens with two attached hydrogens (primary N) is 2. The zero-order chi connectivity index (χ0) is 16.9. The third-order valence-electron chi connectivity index (χ3n) is 2.98. The Hall–Kier alpha value is -2.46. The van der Waals surface area contributed by atoms with E-state index < -0.39 is 17.9 Å². The van der Waals surface area contributed by atoms with Gasteiger partial charge in [-0.05, 0) is 18.6 Å². The molecule has 1 aliphatic heterocycles. The molecule has 1 atom stereocenters. The predicted octanol–water partition coefficient (Wildman–Crippen LogP) is -0.180. The Kier molecular flexibility index (Phi) is 7.91. The molecule has 9 nitrogen and oxygen atoms in total. The van der Waals surface area contributed by atoms with E-state index in [-0.39, 0.29) is 22.5 Å². The van der Waals surface area contributed by atoms with E-state index in [0.717, 1.165) is 0 Å². The van der Waals surface area contributed by atoms with Crippen molar-refractivity contribution in [3.63, 3.8) is 0 Å². The Labute approximate surface area is 136 Å². The first-order chi connectivity index (χ1) is 10.4. The predicted molar refractivity (Wildman–Crippen MR) is 84.7 cm³/mol. The minimum atomic E-state index is -1.30. The molecule has 126 valence electrons. The summed E-state index contributed by atoms with van der Waals surface area (Å²) < 4.78 is 0. The van der Waals surface area contributed by atoms with Crippen LogP contribution < -0.4 is 17.1 Å². The van der Waals surface area contributed by atoms with Crippen LogP contribution in [0.2, 0.25) is 5.02 Å². The van der Waals surface area contributed by atoms with Gasteiger partial charge in [0, 0.05) is 10.7 Å². The zero-order valence-corrected chi connectivity index (χ0v) is 12.8. The van der Waals surface area contributed by atoms with Crippen molar-refractivity contribution in [2.75, 3.05) is 0 Å². The maximum atomic E-state index is 11.4. The van der Waals surface area contributed by atoms with Crippen LogP contribution in [0.1, 0.15) is 18.4 Å². The van der Waals surface area contributed by atoms with E-state index in [1.54, 1.807) is 24.3 Å². The first-order valence-corrected chi connectivity index (χ1v) is 6.40. The van der Waals surface area contributed by atoms with Crippen molar-refractivity contribution < 1.29 is 25.3 Å². The number of aliphatic carboxylic acids is 2. The largest absolute Gasteiger partial charge is 0.478 e. The maximum Gasteiger partial charge on any atom is 0.353 e. The molecule has 0 fully saturated rings. The van der Waals surface area contributed by atoms with Gasteiger partial charge in [0.05, 0.1) is 11.5 Å². The fraction of sp³-hybridized carbons (Fsp3) is 0.154. The van der Waals surface area contributed by atoms with Crippen molar-refractivity contribution >= 4 is 29.3 Å². The number of hydrazone groups is 1. The molecule has 23 heavy (non-hydrogen) atoms. The number of halogens is 1. The van der Waals surface area contributed by atoms with Crippen LogP contribution in [0.5, 0.6) is 0 Å². The molecule has 0 spiro atoms. The molecule has 1 unspecified atom stereocenters. The Balaban J connectivity index is 0.00000155. The highest BCUT2D eigenvalue weighted by molar-refractivity contribution is 6.40. The number of nitrogens with zero attached hydrogens (tertiary/aromatic N) is 1. The summed E-state index contributed by atoms with van der Waals surface area (Å²) in [6, 6.07) is 6.51. The first-order valence-electron chi connectivity index (χ1n) is 6.02. The quantitative estimate of drug-likeness (QED) is 0.372. The fourth-order valence-corrected chi connectivity index (χ4v) is 2.33. The van der Waals surface area contributed by atoms with Gasteiger partial charge < -0.3 is 15.7 Å². The summed E-state index contributed by atoms with van der Waals surface area (Å²) in [6.45, 7) is 1.52. The van der Waals surface area contributed by atoms with E-state index in [9.17, 15) is 19.8 Å². The molecule has 0 bridgehead atoms. The van der Waals surface area contributed by atoms with Crippen LogP contribution in [0, 0.1) is 0 Å². The highest BCUT2D eigenvalue weighted by atomic mass is 35.5. The van der Waals surface area contributed by atoms with Crippen LogP contribution in [0.25, 0.3) is 0 Å². The number of rotatable bonds is 3. The van der Waals surface area contributed by atoms with E-state index in [0.29, 0.717) is 10.6 Å². The molecule has 1 heterocycles. The van der Waals surface area contributed by atoms with E-state index in [2.05, 4.69) is 22.2 Å². The molecule has 0 radical (unpaired) electrons. The maximum absolute atomic E-state index is 11.4. The summed E-state index contributed by atoms with van der Waals surface area (Å²) >= 11 is 6.06. The van der Waals surface area contributed by atoms with Gasteiger partial charge in [0.25, 0.3) is 0 Å². The van der Waals surface area contributed by atoms with E-state index in [1.165, 1.54) is 6.92 Å². The molecular weight excluding hydrogens is 328 g/mol. The van der Waals surface area contributed by atoms with Gasteiger partial charge in [0.15, 0.2) is 5.71 Å². The number of hydrogen-bond donors (Lipinski definition) is 5. The molecule has 0 saturated heterocycles. The summed E-state index contributed by atoms with van der Waals surface area (Å²) in [4.78, 5) is 22.7. The Morgan fingerprint density at radius 1 is 1.22 bits per heavy atom. The number of carbonyl (C=O) groups is 2. The Morgan fingerprint density at radius 3 is 2.26 bits per heavy atom. The molecule has 0 aromatic heterocycles. The first kappa shape index (κ1) is 20.5. The lowest BCUT2D eigenvalue weighted by molar-refractivity contribution is -0.132. The minimum absolute atomic E-state index is 0. The van der Waals surface area contributed by atoms with E-state index in [4.69, 9.17) is 11.6 Å². The fourth-order valence-electron chi connectivity index (χ4n) is 2.09. The summed E-state index contributed by atoms with van der Waals surface area (Å²) in [7, 11) is 0. The van der Waals surface area contributed by atoms with Crippen LogP contribution in [0.15, 0.2) is 40.6 Å². The molecule has 2 rings (SSSR count). The lowest BCUT2D eigenvalue weighted by atomic mass is 9.85. The van der Waals surface area contributed by atoms with Crippen molar-refractivity contribution in [3.05, 3.63) is 46.1 Å². The number of carboxylic acid groups (broad SMARTS) is 2. The second-order valence-corrected chi connectivity index (χ2v) is 4.62. The molecule has 1 aromatic rings. The molecule has 0 amide bonds. The minimum Gasteiger partial charge on any atom is -0.478 e. The third kappa shape index (κ3) is 4.27. The highest BCUT2D eigenvalue weighted by Gasteiger charge is 2.36. The van der Waals surface area contributed by atoms with Gasteiger partial charge in [-0.3, -0.25) is 17.1 Å². The van der Waals surface area contributed by atoms with Gasteiger partial charge in [-0.15, -0.1) is 0 Å². The van der Waals surface area contributed by atoms with Crippen molar-refractivity contribution in [2.24, 2.45) is 16.8 Å². The molecule has 0 saturated carbocycles. The van der Waals surface area contributed by atoms with Gasteiger partial charge >= 0.3 is 11.9 Å². The topological polar surface area (TPSA) is 183 Å². The molecular formula is C13H17ClN4O5. The zero-order valence-electron chi connectivity index (χ0n) is 12.1. The standard InChI is InChI=1S/C13H11ClN2O4.H4N2.H2O/c1-6-9(12(17)18)10(11(13(19)20)16-15-6)7-4-2-3-5-8(7)14;1-2;/h2-5,10,15H,1H3,(H,17,18)(H,19,20);1-2H2;1H2. The summed E-state index contributed by atoms with van der Waals surface area (Å²) in [5.74, 6) is 4.47. The molecule has 0 aliphatic carbocycles. The number of benzene rings is 1. The number of carboxylic acids is 2. The second kappa shape index (κ2) is 8.86. The molecule has 9 N–H and O–H groups in total. The van der Waals surface area contributed by atoms with Crippen LogP contribution in [-0.4, -0.2) is 33.3 Å². The van der Waals surface area contributed by atoms with Crippen molar-refractivity contribution in [1.29, 1.82) is 0 Å². The Bertz CT molecular complexity index is 660. The van der Waals surface area contributed by atoms with Gasteiger partial charge in [-0.1, -0.05) is 29.8 Å². The second-order valence-electron chi connectivity index (χ2n) is 4.21. The highest BCUT2D eigenvalue weighted by Crippen LogP contribution is 2.34. The van der Waals surface area contributed by atoms with Crippen LogP contribution >= 0.6 is 11.6 Å². The smallest absolute Gasteiger partial charge is 0.353 e. The van der Waals surface area contributed by atoms with E-state index in [1.807, 2.05) is 0 Å². The summed E-state index contributed by atoms with van der Waals surface area (Å²) in [5.41, 5.74) is 2.73. The summed E-state index contributed by atoms with van der Waals surface area (Å²) in [5, 5.41) is 22.6. The van der Waals surface area contributed by atoms with Crippen molar-refractivity contribution in [3.8, 4) is 0 Å². The number of hydrogen-bond acceptors (Lipinski definition) is 6. The average molecular weight is 345 g/mol. The lowest BCUT2D eigenvalue weighted by Gasteiger charge is -2.24. The monoisotopic (exact) mass is 344 g/mol. The Morgan fingerprint density at radius 2 is 1.78 bits per heavy atom. The number of nitrogens with one attached hydrogen (secondary N) is 1. The SMILES string of the molecule is CC1=C(C(=O)O)C(c2ccccc2Cl)C(C(=O)O)=NN1.NN.O. The summed E-state index contributed by atoms with van der Waals surface area (Å²) in [6.07, 6.45) is 0. The number of hydrazine groups is 1. The van der Waals surface area contributed by atoms with Gasteiger partial charge in [-0.2, -0.15) is 5.10 Å². The van der Waals surface area contributed by atoms with Crippen LogP contribution in [-0.2, 0) is 9.59 Å². The van der Waals surface area contributed by atoms with E-state index >= 15 is 0 Å². The van der Waals surface area contributed by atoms with Crippen molar-refractivity contribution in [1.82, 2.24) is 5.43 Å². The normalized spacial score (nSPS) is 16.2. The van der Waals surface area contributed by atoms with Gasteiger partial charge in [0.2, 0.25) is 0 Å².